The molecule has 2 heteroatoms. The average molecular weight is 181 g/mol. The Morgan fingerprint density at radius 1 is 1.08 bits per heavy atom. The van der Waals surface area contributed by atoms with E-state index >= 15 is 0 Å². The number of ether oxygens (including phenoxy) is 1. The highest BCUT2D eigenvalue weighted by Gasteiger charge is 2.62. The summed E-state index contributed by atoms with van der Waals surface area (Å²) in [7, 11) is 0. The van der Waals surface area contributed by atoms with Gasteiger partial charge in [0, 0.05) is 6.04 Å². The Morgan fingerprint density at radius 3 is 2.31 bits per heavy atom. The van der Waals surface area contributed by atoms with Crippen LogP contribution in [0.15, 0.2) is 0 Å². The number of rotatable bonds is 0. The van der Waals surface area contributed by atoms with Crippen LogP contribution in [0, 0.1) is 5.41 Å². The summed E-state index contributed by atoms with van der Waals surface area (Å²) in [5.74, 6) is 0. The molecule has 0 aromatic heterocycles. The molecule has 0 aromatic rings. The molecular formula is C11H19NO. The molecule has 3 rings (SSSR count). The third kappa shape index (κ3) is 0.909. The van der Waals surface area contributed by atoms with Crippen molar-refractivity contribution in [3.8, 4) is 0 Å². The molecule has 2 nitrogen and oxygen atoms in total. The van der Waals surface area contributed by atoms with Gasteiger partial charge in [0.25, 0.3) is 0 Å². The minimum atomic E-state index is 0.239. The van der Waals surface area contributed by atoms with Crippen molar-refractivity contribution in [1.82, 2.24) is 0 Å². The summed E-state index contributed by atoms with van der Waals surface area (Å²) >= 11 is 0. The highest BCUT2D eigenvalue weighted by Crippen LogP contribution is 2.64. The van der Waals surface area contributed by atoms with Crippen LogP contribution in [0.2, 0.25) is 0 Å². The van der Waals surface area contributed by atoms with E-state index in [0.29, 0.717) is 11.5 Å². The van der Waals surface area contributed by atoms with Gasteiger partial charge in [0.1, 0.15) is 0 Å². The standard InChI is InChI=1S/C11H19NO/c12-9-7-11(13-8-9)6-5-10(11)3-1-2-4-10/h9H,1-8,12H2. The van der Waals surface area contributed by atoms with Crippen molar-refractivity contribution >= 4 is 0 Å². The second kappa shape index (κ2) is 2.48. The van der Waals surface area contributed by atoms with Gasteiger partial charge in [-0.05, 0) is 37.5 Å². The Balaban J connectivity index is 1.84. The lowest BCUT2D eigenvalue weighted by Crippen LogP contribution is -2.55. The highest BCUT2D eigenvalue weighted by molar-refractivity contribution is 5.14. The fourth-order valence-electron chi connectivity index (χ4n) is 3.87. The molecule has 1 saturated heterocycles. The Kier molecular flexibility index (Phi) is 1.58. The van der Waals surface area contributed by atoms with Gasteiger partial charge in [-0.3, -0.25) is 0 Å². The summed E-state index contributed by atoms with van der Waals surface area (Å²) in [5.41, 5.74) is 6.76. The molecule has 3 fully saturated rings. The van der Waals surface area contributed by atoms with E-state index < -0.39 is 0 Å². The van der Waals surface area contributed by atoms with Gasteiger partial charge in [-0.25, -0.2) is 0 Å². The number of hydrogen-bond donors (Lipinski definition) is 1. The highest BCUT2D eigenvalue weighted by atomic mass is 16.5. The molecule has 74 valence electrons. The third-order valence-electron chi connectivity index (χ3n) is 4.70. The second-order valence-corrected chi connectivity index (χ2v) is 5.26. The van der Waals surface area contributed by atoms with Crippen LogP contribution >= 0.6 is 0 Å². The van der Waals surface area contributed by atoms with Gasteiger partial charge < -0.3 is 10.5 Å². The first-order valence-corrected chi connectivity index (χ1v) is 5.66. The van der Waals surface area contributed by atoms with Crippen molar-refractivity contribution in [3.63, 3.8) is 0 Å². The first-order valence-electron chi connectivity index (χ1n) is 5.66. The van der Waals surface area contributed by atoms with Gasteiger partial charge in [0.15, 0.2) is 0 Å². The molecule has 2 aliphatic carbocycles. The van der Waals surface area contributed by atoms with Crippen LogP contribution in [0.3, 0.4) is 0 Å². The van der Waals surface area contributed by atoms with Crippen LogP contribution in [-0.2, 0) is 4.74 Å². The number of hydrogen-bond acceptors (Lipinski definition) is 2. The fraction of sp³-hybridized carbons (Fsp3) is 1.00. The quantitative estimate of drug-likeness (QED) is 0.618. The van der Waals surface area contributed by atoms with Gasteiger partial charge in [0.2, 0.25) is 0 Å². The van der Waals surface area contributed by atoms with Crippen molar-refractivity contribution in [3.05, 3.63) is 0 Å². The monoisotopic (exact) mass is 181 g/mol. The van der Waals surface area contributed by atoms with Crippen LogP contribution in [0.1, 0.15) is 44.9 Å². The molecule has 1 heterocycles. The van der Waals surface area contributed by atoms with Crippen molar-refractivity contribution in [1.29, 1.82) is 0 Å². The molecule has 2 atom stereocenters. The van der Waals surface area contributed by atoms with Crippen LogP contribution in [0.4, 0.5) is 0 Å². The van der Waals surface area contributed by atoms with Crippen molar-refractivity contribution in [2.75, 3.05) is 6.61 Å². The summed E-state index contributed by atoms with van der Waals surface area (Å²) in [5, 5.41) is 0. The average Bonchev–Trinajstić information content (AvgIpc) is 2.70. The lowest BCUT2D eigenvalue weighted by molar-refractivity contribution is -0.173. The van der Waals surface area contributed by atoms with Gasteiger partial charge >= 0.3 is 0 Å². The Labute approximate surface area is 79.8 Å². The molecule has 0 amide bonds. The van der Waals surface area contributed by atoms with Crippen molar-refractivity contribution < 1.29 is 4.74 Å². The molecule has 0 aromatic carbocycles. The molecule has 2 saturated carbocycles. The largest absolute Gasteiger partial charge is 0.373 e. The van der Waals surface area contributed by atoms with Crippen LogP contribution in [0.25, 0.3) is 0 Å². The molecule has 3 aliphatic rings. The maximum atomic E-state index is 6.00. The van der Waals surface area contributed by atoms with Crippen molar-refractivity contribution in [2.45, 2.75) is 56.6 Å². The summed E-state index contributed by atoms with van der Waals surface area (Å²) < 4.78 is 6.00. The summed E-state index contributed by atoms with van der Waals surface area (Å²) in [6, 6.07) is 0.317. The molecule has 0 bridgehead atoms. The summed E-state index contributed by atoms with van der Waals surface area (Å²) in [4.78, 5) is 0. The first-order chi connectivity index (χ1) is 6.27. The fourth-order valence-corrected chi connectivity index (χ4v) is 3.87. The molecular weight excluding hydrogens is 162 g/mol. The maximum Gasteiger partial charge on any atom is 0.0755 e. The Bertz CT molecular complexity index is 222. The summed E-state index contributed by atoms with van der Waals surface area (Å²) in [6.45, 7) is 0.807. The summed E-state index contributed by atoms with van der Waals surface area (Å²) in [6.07, 6.45) is 9.45. The zero-order valence-electron chi connectivity index (χ0n) is 8.22. The van der Waals surface area contributed by atoms with E-state index in [-0.39, 0.29) is 5.60 Å². The normalized spacial score (nSPS) is 47.3. The van der Waals surface area contributed by atoms with Crippen LogP contribution < -0.4 is 5.73 Å². The topological polar surface area (TPSA) is 35.2 Å². The predicted octanol–water partition coefficient (Wildman–Crippen LogP) is 1.83. The lowest BCUT2D eigenvalue weighted by Gasteiger charge is -2.55. The Morgan fingerprint density at radius 2 is 1.85 bits per heavy atom. The lowest BCUT2D eigenvalue weighted by atomic mass is 9.54. The molecule has 2 spiro atoms. The zero-order valence-corrected chi connectivity index (χ0v) is 8.22. The molecule has 0 radical (unpaired) electrons. The van der Waals surface area contributed by atoms with E-state index in [1.165, 1.54) is 38.5 Å². The van der Waals surface area contributed by atoms with Crippen LogP contribution in [-0.4, -0.2) is 18.2 Å². The van der Waals surface area contributed by atoms with Gasteiger partial charge in [-0.15, -0.1) is 0 Å². The maximum absolute atomic E-state index is 6.00. The van der Waals surface area contributed by atoms with Gasteiger partial charge in [-0.2, -0.15) is 0 Å². The second-order valence-electron chi connectivity index (χ2n) is 5.26. The van der Waals surface area contributed by atoms with Crippen molar-refractivity contribution in [2.24, 2.45) is 11.1 Å². The van der Waals surface area contributed by atoms with Gasteiger partial charge in [0.05, 0.1) is 12.2 Å². The van der Waals surface area contributed by atoms with E-state index in [4.69, 9.17) is 10.5 Å². The molecule has 2 unspecified atom stereocenters. The zero-order chi connectivity index (χ0) is 8.94. The van der Waals surface area contributed by atoms with E-state index in [1.54, 1.807) is 0 Å². The molecule has 1 aliphatic heterocycles. The predicted molar refractivity (Wildman–Crippen MR) is 51.4 cm³/mol. The van der Waals surface area contributed by atoms with E-state index in [9.17, 15) is 0 Å². The smallest absolute Gasteiger partial charge is 0.0755 e. The number of nitrogens with two attached hydrogens (primary N) is 1. The van der Waals surface area contributed by atoms with E-state index in [0.717, 1.165) is 13.0 Å². The SMILES string of the molecule is NC1COC2(CCC23CCCC3)C1. The third-order valence-corrected chi connectivity index (χ3v) is 4.70. The molecule has 13 heavy (non-hydrogen) atoms. The first kappa shape index (κ1) is 8.25. The number of fused-ring (bicyclic) bond motifs is 1. The van der Waals surface area contributed by atoms with E-state index in [2.05, 4.69) is 0 Å². The minimum Gasteiger partial charge on any atom is -0.373 e. The Hall–Kier alpha value is -0.0800. The minimum absolute atomic E-state index is 0.239. The molecule has 2 N–H and O–H groups in total. The van der Waals surface area contributed by atoms with Crippen LogP contribution in [0.5, 0.6) is 0 Å². The van der Waals surface area contributed by atoms with E-state index in [1.807, 2.05) is 0 Å². The van der Waals surface area contributed by atoms with Gasteiger partial charge in [-0.1, -0.05) is 12.8 Å².